The van der Waals surface area contributed by atoms with Crippen molar-refractivity contribution in [1.29, 1.82) is 0 Å². The topological polar surface area (TPSA) is 0 Å². The Morgan fingerprint density at radius 1 is 0.483 bits per heavy atom. The summed E-state index contributed by atoms with van der Waals surface area (Å²) in [7, 11) is 0. The molecule has 4 aromatic carbocycles. The molecule has 0 bridgehead atoms. The van der Waals surface area contributed by atoms with E-state index in [1.807, 2.05) is 42.5 Å². The largest absolute Gasteiger partial charge is 0.278 e. The predicted molar refractivity (Wildman–Crippen MR) is 112 cm³/mol. The molecule has 0 heterocycles. The third-order valence-corrected chi connectivity index (χ3v) is 4.82. The maximum Gasteiger partial charge on any atom is 0.278 e. The summed E-state index contributed by atoms with van der Waals surface area (Å²) in [5.74, 6) is -0.368. The Kier molecular flexibility index (Phi) is 5.30. The Labute approximate surface area is 167 Å². The van der Waals surface area contributed by atoms with Gasteiger partial charge < -0.3 is 0 Å². The van der Waals surface area contributed by atoms with Gasteiger partial charge in [0.25, 0.3) is 6.08 Å². The molecular weight excluding hydrogens is 369 g/mol. The predicted octanol–water partition coefficient (Wildman–Crippen LogP) is 7.82. The van der Waals surface area contributed by atoms with E-state index in [9.17, 15) is 13.2 Å². The van der Waals surface area contributed by atoms with Gasteiger partial charge in [-0.05, 0) is 45.5 Å². The smallest absolute Gasteiger partial charge is 0.207 e. The molecular formula is C26H17F3. The Morgan fingerprint density at radius 2 is 0.931 bits per heavy atom. The van der Waals surface area contributed by atoms with Crippen LogP contribution in [0.4, 0.5) is 13.2 Å². The van der Waals surface area contributed by atoms with Crippen molar-refractivity contribution in [3.8, 4) is 22.3 Å². The lowest BCUT2D eigenvalue weighted by molar-refractivity contribution is 0.426. The molecule has 0 atom stereocenters. The highest BCUT2D eigenvalue weighted by Gasteiger charge is 2.19. The van der Waals surface area contributed by atoms with Gasteiger partial charge in [-0.3, -0.25) is 0 Å². The third kappa shape index (κ3) is 3.85. The summed E-state index contributed by atoms with van der Waals surface area (Å²) in [4.78, 5) is 0. The van der Waals surface area contributed by atoms with Crippen molar-refractivity contribution in [3.05, 3.63) is 126 Å². The minimum absolute atomic E-state index is 0.121. The van der Waals surface area contributed by atoms with Gasteiger partial charge >= 0.3 is 0 Å². The Balaban J connectivity index is 1.94. The first-order valence-electron chi connectivity index (χ1n) is 9.20. The molecule has 4 aromatic rings. The molecule has 0 nitrogen and oxygen atoms in total. The lowest BCUT2D eigenvalue weighted by Gasteiger charge is -2.16. The van der Waals surface area contributed by atoms with E-state index in [1.165, 1.54) is 12.1 Å². The molecule has 0 spiro atoms. The van der Waals surface area contributed by atoms with E-state index in [-0.39, 0.29) is 11.4 Å². The fourth-order valence-electron chi connectivity index (χ4n) is 3.50. The number of hydrogen-bond acceptors (Lipinski definition) is 0. The maximum atomic E-state index is 14.3. The second-order valence-corrected chi connectivity index (χ2v) is 6.60. The molecule has 0 aliphatic carbocycles. The standard InChI is InChI=1S/C26H17F3/c27-20-16-14-19(15-17-20)22-11-5-7-13-24(22)25(26(28)29)23-12-6-4-10-21(23)18-8-2-1-3-9-18/h1-17H. The van der Waals surface area contributed by atoms with Crippen molar-refractivity contribution in [2.45, 2.75) is 0 Å². The normalized spacial score (nSPS) is 10.6. The summed E-state index contributed by atoms with van der Waals surface area (Å²) in [6.07, 6.45) is -1.76. The van der Waals surface area contributed by atoms with Crippen molar-refractivity contribution in [1.82, 2.24) is 0 Å². The van der Waals surface area contributed by atoms with E-state index < -0.39 is 6.08 Å². The van der Waals surface area contributed by atoms with Gasteiger partial charge in [0.1, 0.15) is 5.82 Å². The third-order valence-electron chi connectivity index (χ3n) is 4.82. The molecule has 0 aliphatic heterocycles. The average Bonchev–Trinajstić information content (AvgIpc) is 2.76. The zero-order valence-corrected chi connectivity index (χ0v) is 15.4. The molecule has 0 amide bonds. The number of benzene rings is 4. The lowest BCUT2D eigenvalue weighted by atomic mass is 9.87. The quantitative estimate of drug-likeness (QED) is 0.335. The molecule has 4 rings (SSSR count). The Morgan fingerprint density at radius 3 is 1.45 bits per heavy atom. The highest BCUT2D eigenvalue weighted by atomic mass is 19.3. The van der Waals surface area contributed by atoms with E-state index in [2.05, 4.69) is 0 Å². The molecule has 0 aromatic heterocycles. The van der Waals surface area contributed by atoms with Crippen LogP contribution in [0.1, 0.15) is 11.1 Å². The van der Waals surface area contributed by atoms with E-state index in [1.54, 1.807) is 48.5 Å². The van der Waals surface area contributed by atoms with E-state index in [0.717, 1.165) is 11.1 Å². The van der Waals surface area contributed by atoms with Crippen LogP contribution in [0.5, 0.6) is 0 Å². The van der Waals surface area contributed by atoms with Crippen LogP contribution in [0.2, 0.25) is 0 Å². The summed E-state index contributed by atoms with van der Waals surface area (Å²) >= 11 is 0. The molecule has 0 N–H and O–H groups in total. The first kappa shape index (κ1) is 18.8. The minimum Gasteiger partial charge on any atom is -0.207 e. The van der Waals surface area contributed by atoms with Gasteiger partial charge in [0.15, 0.2) is 0 Å². The minimum atomic E-state index is -1.76. The Bertz CT molecular complexity index is 1160. The molecule has 3 heteroatoms. The molecule has 142 valence electrons. The van der Waals surface area contributed by atoms with Gasteiger partial charge in [-0.25, -0.2) is 4.39 Å². The van der Waals surface area contributed by atoms with Crippen molar-refractivity contribution in [3.63, 3.8) is 0 Å². The maximum absolute atomic E-state index is 14.3. The SMILES string of the molecule is FC(F)=C(c1ccccc1-c1ccccc1)c1ccccc1-c1ccc(F)cc1. The summed E-state index contributed by atoms with van der Waals surface area (Å²) in [5.41, 5.74) is 3.63. The van der Waals surface area contributed by atoms with Crippen LogP contribution in [-0.2, 0) is 0 Å². The van der Waals surface area contributed by atoms with Gasteiger partial charge in [-0.2, -0.15) is 8.78 Å². The number of hydrogen-bond donors (Lipinski definition) is 0. The second-order valence-electron chi connectivity index (χ2n) is 6.60. The van der Waals surface area contributed by atoms with Crippen LogP contribution in [0.25, 0.3) is 27.8 Å². The first-order valence-corrected chi connectivity index (χ1v) is 9.20. The number of halogens is 3. The summed E-state index contributed by atoms with van der Waals surface area (Å²) in [6.45, 7) is 0. The van der Waals surface area contributed by atoms with Crippen LogP contribution < -0.4 is 0 Å². The van der Waals surface area contributed by atoms with Crippen LogP contribution >= 0.6 is 0 Å². The van der Waals surface area contributed by atoms with E-state index in [0.29, 0.717) is 22.3 Å². The van der Waals surface area contributed by atoms with E-state index >= 15 is 0 Å². The zero-order chi connectivity index (χ0) is 20.2. The van der Waals surface area contributed by atoms with Gasteiger partial charge in [0.05, 0.1) is 5.57 Å². The molecule has 0 fully saturated rings. The fraction of sp³-hybridized carbons (Fsp3) is 0. The highest BCUT2D eigenvalue weighted by Crippen LogP contribution is 2.39. The second kappa shape index (κ2) is 8.19. The average molecular weight is 386 g/mol. The molecule has 29 heavy (non-hydrogen) atoms. The molecule has 0 aliphatic rings. The van der Waals surface area contributed by atoms with Gasteiger partial charge in [0.2, 0.25) is 0 Å². The molecule has 0 radical (unpaired) electrons. The first-order chi connectivity index (χ1) is 14.1. The van der Waals surface area contributed by atoms with Gasteiger partial charge in [-0.15, -0.1) is 0 Å². The van der Waals surface area contributed by atoms with Crippen LogP contribution in [0, 0.1) is 5.82 Å². The molecule has 0 unspecified atom stereocenters. The highest BCUT2D eigenvalue weighted by molar-refractivity contribution is 5.94. The van der Waals surface area contributed by atoms with Crippen molar-refractivity contribution in [2.75, 3.05) is 0 Å². The lowest BCUT2D eigenvalue weighted by Crippen LogP contribution is -1.96. The fourth-order valence-corrected chi connectivity index (χ4v) is 3.50. The monoisotopic (exact) mass is 386 g/mol. The molecule has 0 saturated heterocycles. The van der Waals surface area contributed by atoms with Gasteiger partial charge in [-0.1, -0.05) is 91.0 Å². The Hall–Kier alpha value is -3.59. The van der Waals surface area contributed by atoms with Crippen LogP contribution in [0.15, 0.2) is 109 Å². The van der Waals surface area contributed by atoms with Crippen LogP contribution in [0.3, 0.4) is 0 Å². The summed E-state index contributed by atoms with van der Waals surface area (Å²) in [6, 6.07) is 29.4. The van der Waals surface area contributed by atoms with Crippen LogP contribution in [-0.4, -0.2) is 0 Å². The van der Waals surface area contributed by atoms with Crippen molar-refractivity contribution in [2.24, 2.45) is 0 Å². The number of rotatable bonds is 4. The summed E-state index contributed by atoms with van der Waals surface area (Å²) in [5, 5.41) is 0. The zero-order valence-electron chi connectivity index (χ0n) is 15.4. The molecule has 0 saturated carbocycles. The van der Waals surface area contributed by atoms with E-state index in [4.69, 9.17) is 0 Å². The van der Waals surface area contributed by atoms with Crippen molar-refractivity contribution >= 4 is 5.57 Å². The van der Waals surface area contributed by atoms with Gasteiger partial charge in [0, 0.05) is 0 Å². The van der Waals surface area contributed by atoms with Crippen molar-refractivity contribution < 1.29 is 13.2 Å². The summed E-state index contributed by atoms with van der Waals surface area (Å²) < 4.78 is 42.1.